The van der Waals surface area contributed by atoms with E-state index in [0.717, 1.165) is 24.0 Å². The normalized spacial score (nSPS) is 21.2. The Morgan fingerprint density at radius 1 is 1.23 bits per heavy atom. The quantitative estimate of drug-likeness (QED) is 0.852. The standard InChI is InChI=1S/C21H29N3O2/c1-15(25)24-12-11-16-7-5-6-10-18(16)20(24)13-21(26)23-19(14-22)17-8-3-2-4-9-17/h5-7,10-12,17,19-20H,2-4,8-9,13-14,22H2,1H3,(H,23,26). The summed E-state index contributed by atoms with van der Waals surface area (Å²) >= 11 is 0. The fraction of sp³-hybridized carbons (Fsp3) is 0.524. The zero-order valence-electron chi connectivity index (χ0n) is 15.5. The van der Waals surface area contributed by atoms with Crippen molar-refractivity contribution in [1.29, 1.82) is 0 Å². The van der Waals surface area contributed by atoms with Gasteiger partial charge in [0.2, 0.25) is 11.8 Å². The van der Waals surface area contributed by atoms with Gasteiger partial charge >= 0.3 is 0 Å². The molecule has 2 unspecified atom stereocenters. The van der Waals surface area contributed by atoms with Gasteiger partial charge < -0.3 is 16.0 Å². The predicted octanol–water partition coefficient (Wildman–Crippen LogP) is 2.97. The summed E-state index contributed by atoms with van der Waals surface area (Å²) in [6.07, 6.45) is 9.95. The summed E-state index contributed by atoms with van der Waals surface area (Å²) in [6.45, 7) is 2.00. The smallest absolute Gasteiger partial charge is 0.223 e. The lowest BCUT2D eigenvalue weighted by atomic mass is 9.83. The van der Waals surface area contributed by atoms with Gasteiger partial charge in [-0.1, -0.05) is 43.5 Å². The minimum atomic E-state index is -0.265. The van der Waals surface area contributed by atoms with Crippen LogP contribution in [0, 0.1) is 5.92 Å². The molecule has 0 aromatic heterocycles. The van der Waals surface area contributed by atoms with E-state index < -0.39 is 0 Å². The fourth-order valence-electron chi connectivity index (χ4n) is 4.26. The Bertz CT molecular complexity index is 680. The molecule has 1 saturated carbocycles. The minimum absolute atomic E-state index is 0.0305. The lowest BCUT2D eigenvalue weighted by Gasteiger charge is -2.34. The highest BCUT2D eigenvalue weighted by molar-refractivity contribution is 5.82. The number of hydrogen-bond acceptors (Lipinski definition) is 3. The van der Waals surface area contributed by atoms with Crippen LogP contribution in [0.5, 0.6) is 0 Å². The largest absolute Gasteiger partial charge is 0.352 e. The van der Waals surface area contributed by atoms with Gasteiger partial charge in [-0.15, -0.1) is 0 Å². The van der Waals surface area contributed by atoms with Crippen molar-refractivity contribution in [2.45, 2.75) is 57.5 Å². The molecule has 1 heterocycles. The third-order valence-electron chi connectivity index (χ3n) is 5.67. The summed E-state index contributed by atoms with van der Waals surface area (Å²) in [4.78, 5) is 26.5. The molecule has 0 radical (unpaired) electrons. The maximum Gasteiger partial charge on any atom is 0.223 e. The number of nitrogens with one attached hydrogen (secondary N) is 1. The second-order valence-corrected chi connectivity index (χ2v) is 7.40. The number of nitrogens with two attached hydrogens (primary N) is 1. The topological polar surface area (TPSA) is 75.4 Å². The molecule has 2 amide bonds. The molecule has 0 bridgehead atoms. The Hall–Kier alpha value is -2.14. The van der Waals surface area contributed by atoms with Gasteiger partial charge in [0.15, 0.2) is 0 Å². The monoisotopic (exact) mass is 355 g/mol. The molecule has 3 N–H and O–H groups in total. The number of nitrogens with zero attached hydrogens (tertiary/aromatic N) is 1. The highest BCUT2D eigenvalue weighted by Gasteiger charge is 2.30. The summed E-state index contributed by atoms with van der Waals surface area (Å²) in [5.74, 6) is 0.378. The van der Waals surface area contributed by atoms with Crippen molar-refractivity contribution in [1.82, 2.24) is 10.2 Å². The molecule has 5 nitrogen and oxygen atoms in total. The molecule has 0 saturated heterocycles. The van der Waals surface area contributed by atoms with Gasteiger partial charge in [-0.25, -0.2) is 0 Å². The van der Waals surface area contributed by atoms with E-state index in [4.69, 9.17) is 5.73 Å². The third-order valence-corrected chi connectivity index (χ3v) is 5.67. The number of benzene rings is 1. The van der Waals surface area contributed by atoms with Crippen molar-refractivity contribution in [3.05, 3.63) is 41.6 Å². The van der Waals surface area contributed by atoms with Crippen molar-refractivity contribution in [3.8, 4) is 0 Å². The predicted molar refractivity (Wildman–Crippen MR) is 103 cm³/mol. The first kappa shape index (κ1) is 18.6. The highest BCUT2D eigenvalue weighted by Crippen LogP contribution is 2.33. The number of hydrogen-bond donors (Lipinski definition) is 2. The Balaban J connectivity index is 1.71. The zero-order valence-corrected chi connectivity index (χ0v) is 15.5. The van der Waals surface area contributed by atoms with Crippen molar-refractivity contribution in [3.63, 3.8) is 0 Å². The molecule has 140 valence electrons. The average Bonchev–Trinajstić information content (AvgIpc) is 2.66. The molecule has 2 aliphatic rings. The second-order valence-electron chi connectivity index (χ2n) is 7.40. The van der Waals surface area contributed by atoms with Crippen molar-refractivity contribution in [2.24, 2.45) is 11.7 Å². The van der Waals surface area contributed by atoms with Crippen LogP contribution in [0.1, 0.15) is 62.6 Å². The maximum absolute atomic E-state index is 12.8. The van der Waals surface area contributed by atoms with Crippen molar-refractivity contribution in [2.75, 3.05) is 6.54 Å². The Morgan fingerprint density at radius 3 is 2.65 bits per heavy atom. The van der Waals surface area contributed by atoms with Gasteiger partial charge in [0, 0.05) is 25.7 Å². The van der Waals surface area contributed by atoms with Gasteiger partial charge in [-0.05, 0) is 36.0 Å². The number of carbonyl (C=O) groups is 2. The van der Waals surface area contributed by atoms with E-state index >= 15 is 0 Å². The number of amides is 2. The van der Waals surface area contributed by atoms with Crippen LogP contribution in [0.3, 0.4) is 0 Å². The Labute approximate surface area is 155 Å². The van der Waals surface area contributed by atoms with Crippen LogP contribution in [-0.4, -0.2) is 29.3 Å². The molecule has 1 aromatic rings. The van der Waals surface area contributed by atoms with E-state index in [1.54, 1.807) is 11.1 Å². The van der Waals surface area contributed by atoms with Crippen LogP contribution in [0.4, 0.5) is 0 Å². The molecular formula is C21H29N3O2. The number of carbonyl (C=O) groups excluding carboxylic acids is 2. The third kappa shape index (κ3) is 4.15. The van der Waals surface area contributed by atoms with Crippen LogP contribution in [0.25, 0.3) is 6.08 Å². The van der Waals surface area contributed by atoms with Crippen LogP contribution < -0.4 is 11.1 Å². The van der Waals surface area contributed by atoms with Crippen molar-refractivity contribution < 1.29 is 9.59 Å². The van der Waals surface area contributed by atoms with Crippen LogP contribution in [0.2, 0.25) is 0 Å². The molecule has 5 heteroatoms. The fourth-order valence-corrected chi connectivity index (χ4v) is 4.26. The minimum Gasteiger partial charge on any atom is -0.352 e. The molecular weight excluding hydrogens is 326 g/mol. The van der Waals surface area contributed by atoms with Gasteiger partial charge in [0.05, 0.1) is 12.5 Å². The van der Waals surface area contributed by atoms with E-state index in [9.17, 15) is 9.59 Å². The lowest BCUT2D eigenvalue weighted by molar-refractivity contribution is -0.130. The van der Waals surface area contributed by atoms with E-state index in [0.29, 0.717) is 12.5 Å². The van der Waals surface area contributed by atoms with Crippen LogP contribution in [0.15, 0.2) is 30.5 Å². The van der Waals surface area contributed by atoms with Crippen LogP contribution >= 0.6 is 0 Å². The molecule has 1 fully saturated rings. The maximum atomic E-state index is 12.8. The first-order valence-electron chi connectivity index (χ1n) is 9.65. The molecule has 0 spiro atoms. The molecule has 1 aromatic carbocycles. The van der Waals surface area contributed by atoms with E-state index in [2.05, 4.69) is 5.32 Å². The Kier molecular flexibility index (Phi) is 6.09. The van der Waals surface area contributed by atoms with Gasteiger partial charge in [-0.2, -0.15) is 0 Å². The van der Waals surface area contributed by atoms with Gasteiger partial charge in [0.25, 0.3) is 0 Å². The number of rotatable bonds is 5. The Morgan fingerprint density at radius 2 is 1.96 bits per heavy atom. The van der Waals surface area contributed by atoms with Crippen molar-refractivity contribution >= 4 is 17.9 Å². The van der Waals surface area contributed by atoms with E-state index in [1.165, 1.54) is 26.2 Å². The number of fused-ring (bicyclic) bond motifs is 1. The second kappa shape index (κ2) is 8.49. The van der Waals surface area contributed by atoms with Crippen LogP contribution in [-0.2, 0) is 9.59 Å². The summed E-state index contributed by atoms with van der Waals surface area (Å²) in [5.41, 5.74) is 8.02. The summed E-state index contributed by atoms with van der Waals surface area (Å²) in [7, 11) is 0. The van der Waals surface area contributed by atoms with E-state index in [1.807, 2.05) is 30.3 Å². The van der Waals surface area contributed by atoms with E-state index in [-0.39, 0.29) is 30.3 Å². The summed E-state index contributed by atoms with van der Waals surface area (Å²) in [5, 5.41) is 3.15. The van der Waals surface area contributed by atoms with Gasteiger partial charge in [-0.3, -0.25) is 9.59 Å². The summed E-state index contributed by atoms with van der Waals surface area (Å²) < 4.78 is 0. The first-order valence-corrected chi connectivity index (χ1v) is 9.65. The molecule has 1 aliphatic carbocycles. The molecule has 1 aliphatic heterocycles. The van der Waals surface area contributed by atoms with Gasteiger partial charge in [0.1, 0.15) is 0 Å². The lowest BCUT2D eigenvalue weighted by Crippen LogP contribution is -2.47. The molecule has 3 rings (SSSR count). The summed E-state index contributed by atoms with van der Waals surface area (Å²) in [6, 6.07) is 7.69. The SMILES string of the molecule is CC(=O)N1C=Cc2ccccc2C1CC(=O)NC(CN)C1CCCCC1. The molecule has 26 heavy (non-hydrogen) atoms. The molecule has 2 atom stereocenters. The average molecular weight is 355 g/mol. The first-order chi connectivity index (χ1) is 12.6. The zero-order chi connectivity index (χ0) is 18.5. The highest BCUT2D eigenvalue weighted by atomic mass is 16.2.